The summed E-state index contributed by atoms with van der Waals surface area (Å²) in [5.41, 5.74) is 4.16. The molecule has 0 radical (unpaired) electrons. The fourth-order valence-corrected chi connectivity index (χ4v) is 3.98. The minimum atomic E-state index is -0.450. The molecule has 2 aliphatic rings. The Hall–Kier alpha value is -1.38. The van der Waals surface area contributed by atoms with Crippen molar-refractivity contribution in [1.29, 1.82) is 0 Å². The molecule has 2 nitrogen and oxygen atoms in total. The highest BCUT2D eigenvalue weighted by Gasteiger charge is 2.29. The number of rotatable bonds is 6. The Balaban J connectivity index is 1.88. The summed E-state index contributed by atoms with van der Waals surface area (Å²) in [4.78, 5) is 0. The number of hydrogen-bond acceptors (Lipinski definition) is 2. The van der Waals surface area contributed by atoms with E-state index >= 15 is 0 Å². The van der Waals surface area contributed by atoms with E-state index in [4.69, 9.17) is 0 Å². The minimum Gasteiger partial charge on any atom is -0.388 e. The van der Waals surface area contributed by atoms with E-state index in [9.17, 15) is 10.2 Å². The van der Waals surface area contributed by atoms with Crippen LogP contribution in [0.2, 0.25) is 0 Å². The highest BCUT2D eigenvalue weighted by molar-refractivity contribution is 5.67. The van der Waals surface area contributed by atoms with Gasteiger partial charge in [-0.25, -0.2) is 0 Å². The van der Waals surface area contributed by atoms with Crippen LogP contribution < -0.4 is 0 Å². The predicted molar refractivity (Wildman–Crippen MR) is 100 cm³/mol. The van der Waals surface area contributed by atoms with Gasteiger partial charge in [-0.3, -0.25) is 0 Å². The van der Waals surface area contributed by atoms with Gasteiger partial charge in [0.05, 0.1) is 12.2 Å². The lowest BCUT2D eigenvalue weighted by Crippen LogP contribution is -2.19. The molecular weight excluding hydrogens is 296 g/mol. The highest BCUT2D eigenvalue weighted by atomic mass is 16.3. The van der Waals surface area contributed by atoms with Crippen LogP contribution in [-0.4, -0.2) is 10.2 Å². The molecule has 2 heteroatoms. The lowest BCUT2D eigenvalue weighted by atomic mass is 9.78. The van der Waals surface area contributed by atoms with Crippen molar-refractivity contribution >= 4 is 12.2 Å². The molecule has 0 aromatic heterocycles. The van der Waals surface area contributed by atoms with Gasteiger partial charge in [0, 0.05) is 11.8 Å². The van der Waals surface area contributed by atoms with Crippen LogP contribution in [-0.2, 0) is 0 Å². The smallest absolute Gasteiger partial charge is 0.0858 e. The molecule has 1 aromatic rings. The van der Waals surface area contributed by atoms with Gasteiger partial charge in [-0.15, -0.1) is 0 Å². The molecule has 0 fully saturated rings. The molecule has 24 heavy (non-hydrogen) atoms. The summed E-state index contributed by atoms with van der Waals surface area (Å²) in [6.45, 7) is 4.37. The molecule has 4 atom stereocenters. The largest absolute Gasteiger partial charge is 0.388 e. The third-order valence-corrected chi connectivity index (χ3v) is 5.57. The van der Waals surface area contributed by atoms with E-state index < -0.39 is 12.2 Å². The van der Waals surface area contributed by atoms with Crippen LogP contribution in [0.1, 0.15) is 86.8 Å². The van der Waals surface area contributed by atoms with Crippen LogP contribution in [0, 0.1) is 11.8 Å². The topological polar surface area (TPSA) is 40.5 Å². The quantitative estimate of drug-likeness (QED) is 0.733. The van der Waals surface area contributed by atoms with Crippen molar-refractivity contribution in [2.24, 2.45) is 11.8 Å². The van der Waals surface area contributed by atoms with Gasteiger partial charge in [-0.2, -0.15) is 0 Å². The normalized spacial score (nSPS) is 27.8. The summed E-state index contributed by atoms with van der Waals surface area (Å²) in [5, 5.41) is 21.6. The zero-order valence-corrected chi connectivity index (χ0v) is 14.9. The summed E-state index contributed by atoms with van der Waals surface area (Å²) in [6.07, 6.45) is 14.3. The number of hydrogen-bond donors (Lipinski definition) is 2. The molecule has 0 spiro atoms. The SMILES string of the molecule is CCCC[C@H]1C=Cc2cc3c(cc2[C@H]1O)[C@H](O)[C@H](CCCC)C=C3. The first-order valence-corrected chi connectivity index (χ1v) is 9.56. The summed E-state index contributed by atoms with van der Waals surface area (Å²) >= 11 is 0. The number of aliphatic hydroxyl groups is 2. The number of benzene rings is 1. The van der Waals surface area contributed by atoms with Crippen LogP contribution in [0.3, 0.4) is 0 Å². The Morgan fingerprint density at radius 3 is 1.62 bits per heavy atom. The molecule has 0 aliphatic heterocycles. The van der Waals surface area contributed by atoms with Crippen LogP contribution in [0.4, 0.5) is 0 Å². The van der Waals surface area contributed by atoms with Gasteiger partial charge in [-0.05, 0) is 47.2 Å². The maximum atomic E-state index is 10.8. The van der Waals surface area contributed by atoms with Crippen molar-refractivity contribution in [3.63, 3.8) is 0 Å². The van der Waals surface area contributed by atoms with Crippen LogP contribution in [0.5, 0.6) is 0 Å². The second-order valence-electron chi connectivity index (χ2n) is 7.33. The van der Waals surface area contributed by atoms with E-state index in [1.807, 2.05) is 0 Å². The van der Waals surface area contributed by atoms with Crippen molar-refractivity contribution in [3.05, 3.63) is 46.5 Å². The Morgan fingerprint density at radius 2 is 1.21 bits per heavy atom. The van der Waals surface area contributed by atoms with Crippen LogP contribution >= 0.6 is 0 Å². The average Bonchev–Trinajstić information content (AvgIpc) is 2.60. The lowest BCUT2D eigenvalue weighted by Gasteiger charge is -2.31. The molecule has 0 saturated heterocycles. The molecule has 1 aromatic carbocycles. The van der Waals surface area contributed by atoms with Crippen molar-refractivity contribution in [2.75, 3.05) is 0 Å². The molecule has 0 heterocycles. The zero-order valence-electron chi connectivity index (χ0n) is 14.9. The molecule has 0 bridgehead atoms. The predicted octanol–water partition coefficient (Wildman–Crippen LogP) is 5.42. The Kier molecular flexibility index (Phi) is 5.57. The molecule has 0 unspecified atom stereocenters. The molecule has 130 valence electrons. The summed E-state index contributed by atoms with van der Waals surface area (Å²) in [6, 6.07) is 4.18. The van der Waals surface area contributed by atoms with Gasteiger partial charge in [0.2, 0.25) is 0 Å². The Bertz CT molecular complexity index is 578. The van der Waals surface area contributed by atoms with E-state index in [1.54, 1.807) is 0 Å². The first-order chi connectivity index (χ1) is 11.7. The van der Waals surface area contributed by atoms with Crippen molar-refractivity contribution in [1.82, 2.24) is 0 Å². The molecular formula is C22H30O2. The Morgan fingerprint density at radius 1 is 0.750 bits per heavy atom. The van der Waals surface area contributed by atoms with E-state index in [0.717, 1.165) is 60.8 Å². The average molecular weight is 326 g/mol. The first-order valence-electron chi connectivity index (χ1n) is 9.56. The highest BCUT2D eigenvalue weighted by Crippen LogP contribution is 2.41. The van der Waals surface area contributed by atoms with Gasteiger partial charge in [-0.1, -0.05) is 63.8 Å². The molecule has 0 amide bonds. The number of aliphatic hydroxyl groups excluding tert-OH is 2. The van der Waals surface area contributed by atoms with Crippen LogP contribution in [0.25, 0.3) is 12.2 Å². The first kappa shape index (κ1) is 17.4. The summed E-state index contributed by atoms with van der Waals surface area (Å²) in [5.74, 6) is 0.394. The zero-order chi connectivity index (χ0) is 17.1. The van der Waals surface area contributed by atoms with E-state index in [0.29, 0.717) is 0 Å². The van der Waals surface area contributed by atoms with Gasteiger partial charge in [0.1, 0.15) is 0 Å². The second kappa shape index (κ2) is 7.67. The van der Waals surface area contributed by atoms with Crippen molar-refractivity contribution < 1.29 is 10.2 Å². The van der Waals surface area contributed by atoms with Gasteiger partial charge >= 0.3 is 0 Å². The third kappa shape index (κ3) is 3.36. The fraction of sp³-hybridized carbons (Fsp3) is 0.545. The number of fused-ring (bicyclic) bond motifs is 2. The number of unbranched alkanes of at least 4 members (excludes halogenated alkanes) is 2. The van der Waals surface area contributed by atoms with E-state index in [-0.39, 0.29) is 11.8 Å². The monoisotopic (exact) mass is 326 g/mol. The standard InChI is InChI=1S/C22H30O2/c1-3-5-7-15-9-11-17-13-18-12-10-16(8-6-4-2)22(24)20(18)14-19(17)21(15)23/h9-16,21-24H,3-8H2,1-2H3/t15-,16+,21-,22+. The van der Waals surface area contributed by atoms with Crippen molar-refractivity contribution in [2.45, 2.75) is 64.6 Å². The molecule has 2 N–H and O–H groups in total. The molecule has 0 saturated carbocycles. The Labute approximate surface area is 145 Å². The second-order valence-corrected chi connectivity index (χ2v) is 7.33. The van der Waals surface area contributed by atoms with E-state index in [2.05, 4.69) is 50.3 Å². The minimum absolute atomic E-state index is 0.197. The maximum Gasteiger partial charge on any atom is 0.0858 e. The third-order valence-electron chi connectivity index (χ3n) is 5.57. The van der Waals surface area contributed by atoms with Gasteiger partial charge < -0.3 is 10.2 Å². The van der Waals surface area contributed by atoms with Crippen LogP contribution in [0.15, 0.2) is 24.3 Å². The summed E-state index contributed by atoms with van der Waals surface area (Å²) in [7, 11) is 0. The summed E-state index contributed by atoms with van der Waals surface area (Å²) < 4.78 is 0. The van der Waals surface area contributed by atoms with Gasteiger partial charge in [0.15, 0.2) is 0 Å². The molecule has 2 aliphatic carbocycles. The van der Waals surface area contributed by atoms with Crippen molar-refractivity contribution in [3.8, 4) is 0 Å². The molecule has 3 rings (SSSR count). The van der Waals surface area contributed by atoms with E-state index in [1.165, 1.54) is 0 Å². The lowest BCUT2D eigenvalue weighted by molar-refractivity contribution is 0.117. The maximum absolute atomic E-state index is 10.8. The fourth-order valence-electron chi connectivity index (χ4n) is 3.98. The van der Waals surface area contributed by atoms with Gasteiger partial charge in [0.25, 0.3) is 0 Å².